The van der Waals surface area contributed by atoms with Gasteiger partial charge in [0, 0.05) is 18.7 Å². The van der Waals surface area contributed by atoms with Crippen LogP contribution in [-0.4, -0.2) is 48.7 Å². The number of hydrogen-bond donors (Lipinski definition) is 1. The largest absolute Gasteiger partial charge is 0.391 e. The third kappa shape index (κ3) is 5.60. The number of halogens is 3. The van der Waals surface area contributed by atoms with E-state index in [1.807, 2.05) is 0 Å². The maximum absolute atomic E-state index is 12.7. The molecule has 0 saturated carbocycles. The average Bonchev–Trinajstić information content (AvgIpc) is 2.58. The summed E-state index contributed by atoms with van der Waals surface area (Å²) in [4.78, 5) is 24.9. The fraction of sp³-hybridized carbons (Fsp3) is 0.412. The highest BCUT2D eigenvalue weighted by molar-refractivity contribution is 5.94. The fourth-order valence-corrected chi connectivity index (χ4v) is 2.55. The smallest absolute Gasteiger partial charge is 0.377 e. The minimum absolute atomic E-state index is 0.122. The Bertz CT molecular complexity index is 629. The van der Waals surface area contributed by atoms with E-state index in [1.54, 1.807) is 12.1 Å². The second-order valence-electron chi connectivity index (χ2n) is 5.67. The predicted octanol–water partition coefficient (Wildman–Crippen LogP) is 2.28. The number of morpholine rings is 1. The van der Waals surface area contributed by atoms with Gasteiger partial charge in [-0.3, -0.25) is 9.59 Å². The Morgan fingerprint density at radius 3 is 2.60 bits per heavy atom. The van der Waals surface area contributed by atoms with Gasteiger partial charge in [0.15, 0.2) is 0 Å². The Labute approximate surface area is 143 Å². The summed E-state index contributed by atoms with van der Waals surface area (Å²) in [5, 5.41) is 2.60. The van der Waals surface area contributed by atoms with Gasteiger partial charge >= 0.3 is 6.18 Å². The maximum atomic E-state index is 12.7. The summed E-state index contributed by atoms with van der Waals surface area (Å²) >= 11 is 0. The lowest BCUT2D eigenvalue weighted by Crippen LogP contribution is -2.50. The molecule has 2 rings (SSSR count). The zero-order valence-corrected chi connectivity index (χ0v) is 13.5. The summed E-state index contributed by atoms with van der Waals surface area (Å²) in [5.41, 5.74) is 1.06. The molecule has 1 N–H and O–H groups in total. The first-order chi connectivity index (χ1) is 11.8. The molecule has 1 aromatic rings. The molecule has 1 aromatic carbocycles. The number of ether oxygens (including phenoxy) is 1. The summed E-state index contributed by atoms with van der Waals surface area (Å²) in [6, 6.07) is 5.36. The quantitative estimate of drug-likeness (QED) is 0.824. The van der Waals surface area contributed by atoms with Crippen molar-refractivity contribution in [3.8, 4) is 0 Å². The second kappa shape index (κ2) is 8.15. The number of amides is 2. The highest BCUT2D eigenvalue weighted by Crippen LogP contribution is 2.26. The number of benzene rings is 1. The lowest BCUT2D eigenvalue weighted by Gasteiger charge is -2.36. The molecule has 25 heavy (non-hydrogen) atoms. The van der Waals surface area contributed by atoms with Gasteiger partial charge < -0.3 is 15.0 Å². The Morgan fingerprint density at radius 2 is 2.00 bits per heavy atom. The van der Waals surface area contributed by atoms with E-state index in [0.717, 1.165) is 11.6 Å². The normalized spacial score (nSPS) is 17.9. The Morgan fingerprint density at radius 1 is 1.32 bits per heavy atom. The summed E-state index contributed by atoms with van der Waals surface area (Å²) in [6.07, 6.45) is -4.31. The number of carbonyl (C=O) groups excluding carboxylic acids is 2. The molecule has 1 heterocycles. The average molecular weight is 356 g/mol. The third-order valence-electron chi connectivity index (χ3n) is 3.81. The summed E-state index contributed by atoms with van der Waals surface area (Å²) in [5.74, 6) is -0.775. The number of rotatable bonds is 5. The molecule has 0 bridgehead atoms. The van der Waals surface area contributed by atoms with Crippen molar-refractivity contribution < 1.29 is 27.5 Å². The Hall–Kier alpha value is -2.35. The van der Waals surface area contributed by atoms with Gasteiger partial charge in [-0.1, -0.05) is 18.7 Å². The SMILES string of the molecule is C=CC(=O)NCc1ccc(C(=O)N2CCOCC2CC(F)(F)F)cc1. The van der Waals surface area contributed by atoms with Crippen molar-refractivity contribution in [2.24, 2.45) is 0 Å². The summed E-state index contributed by atoms with van der Waals surface area (Å²) in [6.45, 7) is 3.82. The minimum Gasteiger partial charge on any atom is -0.377 e. The first-order valence-electron chi connectivity index (χ1n) is 7.75. The van der Waals surface area contributed by atoms with E-state index in [2.05, 4.69) is 11.9 Å². The molecular weight excluding hydrogens is 337 g/mol. The molecule has 1 saturated heterocycles. The Balaban J connectivity index is 2.05. The number of nitrogens with zero attached hydrogens (tertiary/aromatic N) is 1. The zero-order valence-electron chi connectivity index (χ0n) is 13.5. The van der Waals surface area contributed by atoms with Crippen LogP contribution in [0, 0.1) is 0 Å². The predicted molar refractivity (Wildman–Crippen MR) is 84.8 cm³/mol. The van der Waals surface area contributed by atoms with Crippen LogP contribution in [0.15, 0.2) is 36.9 Å². The van der Waals surface area contributed by atoms with Crippen molar-refractivity contribution in [1.82, 2.24) is 10.2 Å². The van der Waals surface area contributed by atoms with Crippen LogP contribution in [0.3, 0.4) is 0 Å². The van der Waals surface area contributed by atoms with Crippen molar-refractivity contribution in [3.63, 3.8) is 0 Å². The molecule has 136 valence electrons. The van der Waals surface area contributed by atoms with Gasteiger partial charge in [-0.05, 0) is 23.8 Å². The van der Waals surface area contributed by atoms with Crippen molar-refractivity contribution in [2.45, 2.75) is 25.2 Å². The molecule has 0 spiro atoms. The van der Waals surface area contributed by atoms with E-state index < -0.39 is 24.5 Å². The molecule has 5 nitrogen and oxygen atoms in total. The van der Waals surface area contributed by atoms with Crippen LogP contribution in [0.2, 0.25) is 0 Å². The van der Waals surface area contributed by atoms with E-state index in [-0.39, 0.29) is 32.2 Å². The van der Waals surface area contributed by atoms with Crippen molar-refractivity contribution in [2.75, 3.05) is 19.8 Å². The highest BCUT2D eigenvalue weighted by Gasteiger charge is 2.38. The van der Waals surface area contributed by atoms with Gasteiger partial charge in [0.05, 0.1) is 25.7 Å². The van der Waals surface area contributed by atoms with Crippen LogP contribution in [-0.2, 0) is 16.1 Å². The van der Waals surface area contributed by atoms with Crippen LogP contribution >= 0.6 is 0 Å². The van der Waals surface area contributed by atoms with Crippen LogP contribution in [0.5, 0.6) is 0 Å². The monoisotopic (exact) mass is 356 g/mol. The number of carbonyl (C=O) groups is 2. The van der Waals surface area contributed by atoms with Crippen molar-refractivity contribution in [3.05, 3.63) is 48.0 Å². The summed E-state index contributed by atoms with van der Waals surface area (Å²) in [7, 11) is 0. The topological polar surface area (TPSA) is 58.6 Å². The van der Waals surface area contributed by atoms with Gasteiger partial charge in [0.2, 0.25) is 5.91 Å². The van der Waals surface area contributed by atoms with E-state index >= 15 is 0 Å². The molecule has 1 aliphatic rings. The van der Waals surface area contributed by atoms with Crippen LogP contribution in [0.25, 0.3) is 0 Å². The van der Waals surface area contributed by atoms with E-state index in [1.165, 1.54) is 17.0 Å². The second-order valence-corrected chi connectivity index (χ2v) is 5.67. The van der Waals surface area contributed by atoms with Crippen LogP contribution in [0.1, 0.15) is 22.3 Å². The number of hydrogen-bond acceptors (Lipinski definition) is 3. The van der Waals surface area contributed by atoms with E-state index in [4.69, 9.17) is 4.74 Å². The van der Waals surface area contributed by atoms with Gasteiger partial charge in [0.1, 0.15) is 0 Å². The summed E-state index contributed by atoms with van der Waals surface area (Å²) < 4.78 is 43.1. The van der Waals surface area contributed by atoms with E-state index in [9.17, 15) is 22.8 Å². The lowest BCUT2D eigenvalue weighted by atomic mass is 10.1. The number of alkyl halides is 3. The van der Waals surface area contributed by atoms with Crippen LogP contribution < -0.4 is 5.32 Å². The molecule has 1 atom stereocenters. The van der Waals surface area contributed by atoms with Gasteiger partial charge in [-0.15, -0.1) is 0 Å². The van der Waals surface area contributed by atoms with E-state index in [0.29, 0.717) is 5.56 Å². The van der Waals surface area contributed by atoms with Gasteiger partial charge in [0.25, 0.3) is 5.91 Å². The molecule has 0 radical (unpaired) electrons. The molecular formula is C17H19F3N2O3. The zero-order chi connectivity index (χ0) is 18.4. The minimum atomic E-state index is -4.36. The van der Waals surface area contributed by atoms with Crippen molar-refractivity contribution >= 4 is 11.8 Å². The Kier molecular flexibility index (Phi) is 6.19. The van der Waals surface area contributed by atoms with Crippen LogP contribution in [0.4, 0.5) is 13.2 Å². The highest BCUT2D eigenvalue weighted by atomic mass is 19.4. The molecule has 8 heteroatoms. The fourth-order valence-electron chi connectivity index (χ4n) is 2.55. The first-order valence-corrected chi connectivity index (χ1v) is 7.75. The molecule has 0 aromatic heterocycles. The molecule has 1 unspecified atom stereocenters. The number of nitrogens with one attached hydrogen (secondary N) is 1. The molecule has 1 aliphatic heterocycles. The molecule has 2 amide bonds. The third-order valence-corrected chi connectivity index (χ3v) is 3.81. The standard InChI is InChI=1S/C17H19F3N2O3/c1-2-15(23)21-10-12-3-5-13(6-4-12)16(24)22-7-8-25-11-14(22)9-17(18,19)20/h2-6,14H,1,7-11H2,(H,21,23). The molecule has 1 fully saturated rings. The molecule has 0 aliphatic carbocycles. The van der Waals surface area contributed by atoms with Crippen molar-refractivity contribution in [1.29, 1.82) is 0 Å². The first kappa shape index (κ1) is 19.0. The maximum Gasteiger partial charge on any atom is 0.391 e. The van der Waals surface area contributed by atoms with Gasteiger partial charge in [-0.2, -0.15) is 13.2 Å². The lowest BCUT2D eigenvalue weighted by molar-refractivity contribution is -0.155. The van der Waals surface area contributed by atoms with Gasteiger partial charge in [-0.25, -0.2) is 0 Å².